The summed E-state index contributed by atoms with van der Waals surface area (Å²) in [5.41, 5.74) is 0.599. The summed E-state index contributed by atoms with van der Waals surface area (Å²) in [7, 11) is 0. The van der Waals surface area contributed by atoms with Gasteiger partial charge in [0.15, 0.2) is 0 Å². The van der Waals surface area contributed by atoms with Gasteiger partial charge in [-0.2, -0.15) is 0 Å². The molecular weight excluding hydrogens is 230 g/mol. The van der Waals surface area contributed by atoms with Crippen molar-refractivity contribution in [2.24, 2.45) is 5.41 Å². The van der Waals surface area contributed by atoms with Crippen LogP contribution in [0.1, 0.15) is 49.1 Å². The first-order chi connectivity index (χ1) is 8.23. The number of aliphatic hydroxyl groups is 1. The molecule has 0 fully saturated rings. The van der Waals surface area contributed by atoms with Crippen molar-refractivity contribution in [1.29, 1.82) is 0 Å². The lowest BCUT2D eigenvalue weighted by atomic mass is 9.88. The lowest BCUT2D eigenvalue weighted by Gasteiger charge is -2.25. The molecule has 1 aromatic rings. The standard InChI is InChI=1S/C14H23NO3/c1-9-6-12(10(2)18-9)13(17)15-11(8-16)7-14(3,4)5/h6,11,16H,7-8H2,1-5H3,(H,15,17). The van der Waals surface area contributed by atoms with Crippen LogP contribution in [0.5, 0.6) is 0 Å². The summed E-state index contributed by atoms with van der Waals surface area (Å²) in [6.07, 6.45) is 0.727. The van der Waals surface area contributed by atoms with Gasteiger partial charge in [0.05, 0.1) is 18.2 Å². The van der Waals surface area contributed by atoms with E-state index in [0.29, 0.717) is 17.1 Å². The third-order valence-corrected chi connectivity index (χ3v) is 2.70. The number of amides is 1. The van der Waals surface area contributed by atoms with E-state index in [1.807, 2.05) is 6.92 Å². The van der Waals surface area contributed by atoms with Crippen molar-refractivity contribution in [2.75, 3.05) is 6.61 Å². The first kappa shape index (κ1) is 14.8. The van der Waals surface area contributed by atoms with Crippen molar-refractivity contribution >= 4 is 5.91 Å². The summed E-state index contributed by atoms with van der Waals surface area (Å²) in [6, 6.07) is 1.49. The number of furan rings is 1. The molecule has 1 heterocycles. The first-order valence-electron chi connectivity index (χ1n) is 6.21. The molecule has 1 atom stereocenters. The topological polar surface area (TPSA) is 62.5 Å². The Morgan fingerprint density at radius 1 is 1.44 bits per heavy atom. The Morgan fingerprint density at radius 3 is 2.44 bits per heavy atom. The summed E-state index contributed by atoms with van der Waals surface area (Å²) in [5, 5.41) is 12.2. The fraction of sp³-hybridized carbons (Fsp3) is 0.643. The number of carbonyl (C=O) groups is 1. The molecule has 18 heavy (non-hydrogen) atoms. The van der Waals surface area contributed by atoms with E-state index in [4.69, 9.17) is 4.42 Å². The van der Waals surface area contributed by atoms with Crippen LogP contribution in [-0.4, -0.2) is 23.7 Å². The van der Waals surface area contributed by atoms with Gasteiger partial charge in [0.2, 0.25) is 0 Å². The number of aliphatic hydroxyl groups excluding tert-OH is 1. The number of aryl methyl sites for hydroxylation is 2. The van der Waals surface area contributed by atoms with Crippen LogP contribution >= 0.6 is 0 Å². The van der Waals surface area contributed by atoms with Gasteiger partial charge < -0.3 is 14.8 Å². The van der Waals surface area contributed by atoms with Crippen molar-refractivity contribution in [2.45, 2.75) is 47.1 Å². The Bertz CT molecular complexity index is 415. The van der Waals surface area contributed by atoms with E-state index in [0.717, 1.165) is 6.42 Å². The van der Waals surface area contributed by atoms with E-state index >= 15 is 0 Å². The molecule has 0 aromatic carbocycles. The van der Waals surface area contributed by atoms with E-state index in [-0.39, 0.29) is 24.0 Å². The van der Waals surface area contributed by atoms with E-state index < -0.39 is 0 Å². The van der Waals surface area contributed by atoms with Crippen LogP contribution < -0.4 is 5.32 Å². The van der Waals surface area contributed by atoms with Crippen molar-refractivity contribution < 1.29 is 14.3 Å². The fourth-order valence-electron chi connectivity index (χ4n) is 2.02. The molecule has 0 spiro atoms. The molecule has 0 aliphatic carbocycles. The summed E-state index contributed by atoms with van der Waals surface area (Å²) < 4.78 is 5.33. The summed E-state index contributed by atoms with van der Waals surface area (Å²) in [6.45, 7) is 9.75. The van der Waals surface area contributed by atoms with E-state index in [1.54, 1.807) is 13.0 Å². The zero-order chi connectivity index (χ0) is 13.9. The molecule has 0 bridgehead atoms. The number of nitrogens with one attached hydrogen (secondary N) is 1. The van der Waals surface area contributed by atoms with E-state index in [9.17, 15) is 9.90 Å². The number of rotatable bonds is 4. The first-order valence-corrected chi connectivity index (χ1v) is 6.21. The molecule has 1 unspecified atom stereocenters. The predicted molar refractivity (Wildman–Crippen MR) is 70.6 cm³/mol. The molecule has 102 valence electrons. The second-order valence-electron chi connectivity index (χ2n) is 5.94. The Hall–Kier alpha value is -1.29. The Kier molecular flexibility index (Phi) is 4.57. The minimum Gasteiger partial charge on any atom is -0.466 e. The average molecular weight is 253 g/mol. The highest BCUT2D eigenvalue weighted by Gasteiger charge is 2.22. The van der Waals surface area contributed by atoms with Gasteiger partial charge in [-0.05, 0) is 31.7 Å². The minimum absolute atomic E-state index is 0.0567. The van der Waals surface area contributed by atoms with E-state index in [1.165, 1.54) is 0 Å². The molecular formula is C14H23NO3. The smallest absolute Gasteiger partial charge is 0.255 e. The maximum Gasteiger partial charge on any atom is 0.255 e. The highest BCUT2D eigenvalue weighted by Crippen LogP contribution is 2.21. The number of carbonyl (C=O) groups excluding carboxylic acids is 1. The van der Waals surface area contributed by atoms with Crippen LogP contribution in [0.2, 0.25) is 0 Å². The molecule has 4 heteroatoms. The fourth-order valence-corrected chi connectivity index (χ4v) is 2.02. The lowest BCUT2D eigenvalue weighted by Crippen LogP contribution is -2.40. The second-order valence-corrected chi connectivity index (χ2v) is 5.94. The predicted octanol–water partition coefficient (Wildman–Crippen LogP) is 2.42. The lowest BCUT2D eigenvalue weighted by molar-refractivity contribution is 0.0896. The normalized spacial score (nSPS) is 13.4. The molecule has 4 nitrogen and oxygen atoms in total. The zero-order valence-electron chi connectivity index (χ0n) is 11.8. The van der Waals surface area contributed by atoms with Gasteiger partial charge in [0.25, 0.3) is 5.91 Å². The van der Waals surface area contributed by atoms with Crippen LogP contribution in [0.25, 0.3) is 0 Å². The Labute approximate surface area is 108 Å². The highest BCUT2D eigenvalue weighted by molar-refractivity contribution is 5.95. The zero-order valence-corrected chi connectivity index (χ0v) is 11.8. The van der Waals surface area contributed by atoms with Crippen molar-refractivity contribution in [1.82, 2.24) is 5.32 Å². The molecule has 0 aliphatic heterocycles. The van der Waals surface area contributed by atoms with Crippen molar-refractivity contribution in [3.05, 3.63) is 23.2 Å². The third kappa shape index (κ3) is 4.18. The second kappa shape index (κ2) is 5.57. The van der Waals surface area contributed by atoms with Crippen LogP contribution in [0.4, 0.5) is 0 Å². The largest absolute Gasteiger partial charge is 0.466 e. The van der Waals surface area contributed by atoms with Gasteiger partial charge in [-0.1, -0.05) is 20.8 Å². The molecule has 1 aromatic heterocycles. The van der Waals surface area contributed by atoms with Gasteiger partial charge in [0.1, 0.15) is 11.5 Å². The van der Waals surface area contributed by atoms with E-state index in [2.05, 4.69) is 26.1 Å². The Balaban J connectivity index is 2.71. The van der Waals surface area contributed by atoms with Crippen LogP contribution in [0.15, 0.2) is 10.5 Å². The quantitative estimate of drug-likeness (QED) is 0.866. The van der Waals surface area contributed by atoms with Gasteiger partial charge in [-0.25, -0.2) is 0 Å². The maximum absolute atomic E-state index is 12.1. The van der Waals surface area contributed by atoms with Gasteiger partial charge >= 0.3 is 0 Å². The average Bonchev–Trinajstić information content (AvgIpc) is 2.54. The molecule has 0 saturated heterocycles. The molecule has 0 radical (unpaired) electrons. The highest BCUT2D eigenvalue weighted by atomic mass is 16.3. The third-order valence-electron chi connectivity index (χ3n) is 2.70. The van der Waals surface area contributed by atoms with Crippen molar-refractivity contribution in [3.8, 4) is 0 Å². The summed E-state index contributed by atoms with van der Waals surface area (Å²) in [5.74, 6) is 1.14. The number of hydrogen-bond acceptors (Lipinski definition) is 3. The van der Waals surface area contributed by atoms with Crippen LogP contribution in [0.3, 0.4) is 0 Å². The molecule has 1 amide bonds. The van der Waals surface area contributed by atoms with Gasteiger partial charge in [0, 0.05) is 0 Å². The Morgan fingerprint density at radius 2 is 2.06 bits per heavy atom. The molecule has 0 saturated carbocycles. The van der Waals surface area contributed by atoms with Crippen LogP contribution in [0, 0.1) is 19.3 Å². The van der Waals surface area contributed by atoms with Gasteiger partial charge in [-0.3, -0.25) is 4.79 Å². The van der Waals surface area contributed by atoms with Crippen molar-refractivity contribution in [3.63, 3.8) is 0 Å². The monoisotopic (exact) mass is 253 g/mol. The molecule has 0 aliphatic rings. The molecule has 2 N–H and O–H groups in total. The summed E-state index contributed by atoms with van der Waals surface area (Å²) >= 11 is 0. The number of hydrogen-bond donors (Lipinski definition) is 2. The molecule has 1 rings (SSSR count). The SMILES string of the molecule is Cc1cc(C(=O)NC(CO)CC(C)(C)C)c(C)o1. The van der Waals surface area contributed by atoms with Crippen LogP contribution in [-0.2, 0) is 0 Å². The van der Waals surface area contributed by atoms with Gasteiger partial charge in [-0.15, -0.1) is 0 Å². The minimum atomic E-state index is -0.230. The maximum atomic E-state index is 12.1. The summed E-state index contributed by atoms with van der Waals surface area (Å²) in [4.78, 5) is 12.1.